The summed E-state index contributed by atoms with van der Waals surface area (Å²) in [5, 5.41) is 0. The van der Waals surface area contributed by atoms with Crippen LogP contribution < -0.4 is 0 Å². The Kier molecular flexibility index (Phi) is 3.26. The van der Waals surface area contributed by atoms with Crippen LogP contribution in [0.1, 0.15) is 19.1 Å². The second-order valence-corrected chi connectivity index (χ2v) is 4.60. The molecule has 2 atom stereocenters. The van der Waals surface area contributed by atoms with Crippen molar-refractivity contribution in [1.29, 1.82) is 0 Å². The van der Waals surface area contributed by atoms with Gasteiger partial charge in [-0.3, -0.25) is 4.79 Å². The van der Waals surface area contributed by atoms with E-state index in [0.29, 0.717) is 23.5 Å². The third-order valence-corrected chi connectivity index (χ3v) is 3.19. The first-order valence-corrected chi connectivity index (χ1v) is 5.84. The average Bonchev–Trinajstić information content (AvgIpc) is 2.75. The molecule has 0 saturated carbocycles. The number of furan rings is 1. The fourth-order valence-corrected chi connectivity index (χ4v) is 2.24. The maximum absolute atomic E-state index is 11.9. The van der Waals surface area contributed by atoms with Gasteiger partial charge in [0, 0.05) is 12.5 Å². The Labute approximate surface area is 96.9 Å². The van der Waals surface area contributed by atoms with Crippen LogP contribution in [0.5, 0.6) is 0 Å². The molecule has 2 unspecified atom stereocenters. The molecule has 3 nitrogen and oxygen atoms in total. The highest BCUT2D eigenvalue weighted by molar-refractivity contribution is 9.10. The van der Waals surface area contributed by atoms with Gasteiger partial charge in [-0.05, 0) is 41.4 Å². The molecule has 1 fully saturated rings. The summed E-state index contributed by atoms with van der Waals surface area (Å²) in [6.07, 6.45) is 1.25. The molecule has 0 spiro atoms. The molecular formula is C11H13BrO3. The summed E-state index contributed by atoms with van der Waals surface area (Å²) < 4.78 is 11.3. The van der Waals surface area contributed by atoms with Crippen LogP contribution in [0.25, 0.3) is 0 Å². The van der Waals surface area contributed by atoms with E-state index in [1.807, 2.05) is 13.0 Å². The zero-order valence-electron chi connectivity index (χ0n) is 8.53. The zero-order valence-corrected chi connectivity index (χ0v) is 10.1. The molecule has 1 aliphatic rings. The van der Waals surface area contributed by atoms with E-state index in [4.69, 9.17) is 9.15 Å². The molecule has 0 radical (unpaired) electrons. The fourth-order valence-electron chi connectivity index (χ4n) is 1.90. The van der Waals surface area contributed by atoms with Gasteiger partial charge in [-0.15, -0.1) is 0 Å². The normalized spacial score (nSPS) is 25.7. The summed E-state index contributed by atoms with van der Waals surface area (Å²) in [6, 6.07) is 3.62. The molecule has 15 heavy (non-hydrogen) atoms. The van der Waals surface area contributed by atoms with Crippen molar-refractivity contribution in [2.45, 2.75) is 25.9 Å². The van der Waals surface area contributed by atoms with E-state index in [1.54, 1.807) is 6.07 Å². The molecular weight excluding hydrogens is 260 g/mol. The first-order valence-electron chi connectivity index (χ1n) is 5.05. The van der Waals surface area contributed by atoms with Crippen LogP contribution in [-0.4, -0.2) is 18.5 Å². The Hall–Kier alpha value is -0.610. The number of rotatable bonds is 3. The van der Waals surface area contributed by atoms with E-state index < -0.39 is 0 Å². The Morgan fingerprint density at radius 1 is 1.60 bits per heavy atom. The van der Waals surface area contributed by atoms with Crippen molar-refractivity contribution < 1.29 is 13.9 Å². The van der Waals surface area contributed by atoms with Gasteiger partial charge in [0.25, 0.3) is 0 Å². The van der Waals surface area contributed by atoms with Crippen molar-refractivity contribution in [2.75, 3.05) is 6.61 Å². The largest absolute Gasteiger partial charge is 0.454 e. The van der Waals surface area contributed by atoms with E-state index in [0.717, 1.165) is 6.42 Å². The molecule has 0 amide bonds. The molecule has 0 bridgehead atoms. The van der Waals surface area contributed by atoms with Crippen LogP contribution in [-0.2, 0) is 16.0 Å². The Morgan fingerprint density at radius 3 is 2.93 bits per heavy atom. The molecule has 0 aliphatic carbocycles. The molecule has 0 N–H and O–H groups in total. The number of hydrogen-bond donors (Lipinski definition) is 0. The summed E-state index contributed by atoms with van der Waals surface area (Å²) in [5.41, 5.74) is 0. The summed E-state index contributed by atoms with van der Waals surface area (Å²) in [6.45, 7) is 2.65. The highest BCUT2D eigenvalue weighted by Crippen LogP contribution is 2.23. The van der Waals surface area contributed by atoms with E-state index >= 15 is 0 Å². The van der Waals surface area contributed by atoms with Gasteiger partial charge in [0.05, 0.1) is 12.5 Å². The lowest BCUT2D eigenvalue weighted by Crippen LogP contribution is -2.23. The minimum absolute atomic E-state index is 0.0360. The Morgan fingerprint density at radius 2 is 2.40 bits per heavy atom. The molecule has 1 saturated heterocycles. The molecule has 0 aromatic carbocycles. The highest BCUT2D eigenvalue weighted by atomic mass is 79.9. The van der Waals surface area contributed by atoms with Crippen molar-refractivity contribution in [2.24, 2.45) is 5.92 Å². The van der Waals surface area contributed by atoms with Crippen LogP contribution >= 0.6 is 15.9 Å². The summed E-state index contributed by atoms with van der Waals surface area (Å²) >= 11 is 3.21. The third-order valence-electron chi connectivity index (χ3n) is 2.77. The first kappa shape index (κ1) is 10.9. The molecule has 1 aromatic rings. The molecule has 1 aromatic heterocycles. The van der Waals surface area contributed by atoms with Crippen molar-refractivity contribution in [3.8, 4) is 0 Å². The van der Waals surface area contributed by atoms with Gasteiger partial charge in [0.2, 0.25) is 0 Å². The van der Waals surface area contributed by atoms with E-state index in [9.17, 15) is 4.79 Å². The number of carbonyl (C=O) groups excluding carboxylic acids is 1. The third kappa shape index (κ3) is 2.49. The van der Waals surface area contributed by atoms with Gasteiger partial charge in [-0.2, -0.15) is 0 Å². The molecule has 2 rings (SSSR count). The number of ether oxygens (including phenoxy) is 1. The van der Waals surface area contributed by atoms with E-state index in [1.165, 1.54) is 0 Å². The second kappa shape index (κ2) is 4.49. The minimum atomic E-state index is 0.0360. The Bertz CT molecular complexity index is 358. The number of halogens is 1. The van der Waals surface area contributed by atoms with Crippen LogP contribution in [0.4, 0.5) is 0 Å². The fraction of sp³-hybridized carbons (Fsp3) is 0.545. The lowest BCUT2D eigenvalue weighted by Gasteiger charge is -2.11. The zero-order chi connectivity index (χ0) is 10.8. The maximum atomic E-state index is 11.9. The van der Waals surface area contributed by atoms with Crippen LogP contribution in [0, 0.1) is 5.92 Å². The van der Waals surface area contributed by atoms with Gasteiger partial charge in [-0.25, -0.2) is 0 Å². The predicted molar refractivity (Wildman–Crippen MR) is 58.6 cm³/mol. The molecule has 2 heterocycles. The van der Waals surface area contributed by atoms with Crippen molar-refractivity contribution >= 4 is 21.7 Å². The lowest BCUT2D eigenvalue weighted by atomic mass is 9.95. The topological polar surface area (TPSA) is 39.4 Å². The van der Waals surface area contributed by atoms with Crippen molar-refractivity contribution in [3.05, 3.63) is 22.6 Å². The highest BCUT2D eigenvalue weighted by Gasteiger charge is 2.30. The summed E-state index contributed by atoms with van der Waals surface area (Å²) in [5.74, 6) is 0.960. The van der Waals surface area contributed by atoms with Gasteiger partial charge < -0.3 is 9.15 Å². The van der Waals surface area contributed by atoms with Crippen molar-refractivity contribution in [3.63, 3.8) is 0 Å². The standard InChI is InChI=1S/C11H13BrO3/c1-7-9(4-5-14-7)10(13)6-8-2-3-11(12)15-8/h2-3,7,9H,4-6H2,1H3. The lowest BCUT2D eigenvalue weighted by molar-refractivity contribution is -0.123. The quantitative estimate of drug-likeness (QED) is 0.849. The van der Waals surface area contributed by atoms with E-state index in [2.05, 4.69) is 15.9 Å². The summed E-state index contributed by atoms with van der Waals surface area (Å²) in [4.78, 5) is 11.9. The minimum Gasteiger partial charge on any atom is -0.454 e. The van der Waals surface area contributed by atoms with Crippen LogP contribution in [0.3, 0.4) is 0 Å². The SMILES string of the molecule is CC1OCCC1C(=O)Cc1ccc(Br)o1. The van der Waals surface area contributed by atoms with Crippen LogP contribution in [0.2, 0.25) is 0 Å². The molecule has 4 heteroatoms. The summed E-state index contributed by atoms with van der Waals surface area (Å²) in [7, 11) is 0. The average molecular weight is 273 g/mol. The van der Waals surface area contributed by atoms with Crippen molar-refractivity contribution in [1.82, 2.24) is 0 Å². The van der Waals surface area contributed by atoms with Crippen LogP contribution in [0.15, 0.2) is 21.2 Å². The number of Topliss-reactive ketones (excluding diaryl/α,β-unsaturated/α-hetero) is 1. The van der Waals surface area contributed by atoms with Gasteiger partial charge in [0.15, 0.2) is 4.67 Å². The number of ketones is 1. The molecule has 1 aliphatic heterocycles. The number of carbonyl (C=O) groups is 1. The second-order valence-electron chi connectivity index (χ2n) is 3.82. The van der Waals surface area contributed by atoms with Gasteiger partial charge in [-0.1, -0.05) is 0 Å². The predicted octanol–water partition coefficient (Wildman–Crippen LogP) is 2.58. The van der Waals surface area contributed by atoms with Gasteiger partial charge in [0.1, 0.15) is 11.5 Å². The smallest absolute Gasteiger partial charge is 0.169 e. The first-order chi connectivity index (χ1) is 7.16. The monoisotopic (exact) mass is 272 g/mol. The van der Waals surface area contributed by atoms with E-state index in [-0.39, 0.29) is 17.8 Å². The maximum Gasteiger partial charge on any atom is 0.169 e. The molecule has 82 valence electrons. The van der Waals surface area contributed by atoms with Gasteiger partial charge >= 0.3 is 0 Å². The number of hydrogen-bond acceptors (Lipinski definition) is 3. The Balaban J connectivity index is 1.97.